The van der Waals surface area contributed by atoms with E-state index in [-0.39, 0.29) is 0 Å². The van der Waals surface area contributed by atoms with Gasteiger partial charge in [0.2, 0.25) is 0 Å². The van der Waals surface area contributed by atoms with Gasteiger partial charge in [-0.05, 0) is 53.0 Å². The summed E-state index contributed by atoms with van der Waals surface area (Å²) in [7, 11) is 0. The summed E-state index contributed by atoms with van der Waals surface area (Å²) in [6.07, 6.45) is 4.09. The molecule has 0 radical (unpaired) electrons. The van der Waals surface area contributed by atoms with Crippen LogP contribution in [-0.2, 0) is 13.2 Å². The van der Waals surface area contributed by atoms with E-state index in [9.17, 15) is 0 Å². The van der Waals surface area contributed by atoms with Crippen molar-refractivity contribution in [3.8, 4) is 5.75 Å². The molecule has 4 heteroatoms. The van der Waals surface area contributed by atoms with Crippen molar-refractivity contribution in [2.24, 2.45) is 0 Å². The first kappa shape index (κ1) is 15.1. The minimum absolute atomic E-state index is 0.624. The maximum Gasteiger partial charge on any atom is 0.144 e. The zero-order valence-electron chi connectivity index (χ0n) is 12.1. The van der Waals surface area contributed by atoms with Crippen LogP contribution in [0, 0.1) is 0 Å². The van der Waals surface area contributed by atoms with Crippen LogP contribution < -0.4 is 4.74 Å². The van der Waals surface area contributed by atoms with Gasteiger partial charge in [-0.25, -0.2) is 0 Å². The lowest BCUT2D eigenvalue weighted by molar-refractivity contribution is 0.221. The van der Waals surface area contributed by atoms with E-state index in [2.05, 4.69) is 45.1 Å². The van der Waals surface area contributed by atoms with Crippen molar-refractivity contribution in [2.75, 3.05) is 13.1 Å². The molecule has 2 heterocycles. The molecule has 3 rings (SSSR count). The Hall–Kier alpha value is -0.840. The molecule has 0 unspecified atom stereocenters. The normalized spacial score (nSPS) is 16.0. The maximum atomic E-state index is 5.81. The third kappa shape index (κ3) is 4.31. The molecule has 21 heavy (non-hydrogen) atoms. The van der Waals surface area contributed by atoms with Crippen LogP contribution in [-0.4, -0.2) is 18.0 Å². The highest BCUT2D eigenvalue weighted by atomic mass is 79.9. The van der Waals surface area contributed by atoms with Gasteiger partial charge in [0, 0.05) is 17.3 Å². The fourth-order valence-corrected chi connectivity index (χ4v) is 3.98. The fourth-order valence-electron chi connectivity index (χ4n) is 2.65. The monoisotopic (exact) mass is 365 g/mol. The number of rotatable bonds is 5. The highest BCUT2D eigenvalue weighted by Crippen LogP contribution is 2.29. The molecule has 1 aliphatic rings. The van der Waals surface area contributed by atoms with Crippen molar-refractivity contribution < 1.29 is 4.74 Å². The first-order valence-electron chi connectivity index (χ1n) is 7.46. The zero-order chi connectivity index (χ0) is 14.5. The summed E-state index contributed by atoms with van der Waals surface area (Å²) in [5.74, 6) is 0.928. The predicted molar refractivity (Wildman–Crippen MR) is 91.9 cm³/mol. The average molecular weight is 366 g/mol. The molecule has 1 fully saturated rings. The Morgan fingerprint density at radius 2 is 1.71 bits per heavy atom. The molecular weight excluding hydrogens is 346 g/mol. The van der Waals surface area contributed by atoms with Gasteiger partial charge in [-0.1, -0.05) is 30.7 Å². The van der Waals surface area contributed by atoms with E-state index in [1.54, 1.807) is 11.3 Å². The third-order valence-electron chi connectivity index (χ3n) is 3.85. The number of nitrogens with zero attached hydrogens (tertiary/aromatic N) is 1. The summed E-state index contributed by atoms with van der Waals surface area (Å²) >= 11 is 5.13. The molecule has 112 valence electrons. The molecule has 2 aromatic rings. The lowest BCUT2D eigenvalue weighted by atomic mass is 10.1. The van der Waals surface area contributed by atoms with Crippen molar-refractivity contribution in [2.45, 2.75) is 32.4 Å². The lowest BCUT2D eigenvalue weighted by Crippen LogP contribution is -2.29. The van der Waals surface area contributed by atoms with Gasteiger partial charge >= 0.3 is 0 Å². The van der Waals surface area contributed by atoms with Crippen LogP contribution in [0.2, 0.25) is 0 Å². The van der Waals surface area contributed by atoms with Crippen molar-refractivity contribution >= 4 is 27.3 Å². The van der Waals surface area contributed by atoms with Gasteiger partial charge in [-0.2, -0.15) is 0 Å². The molecule has 0 aliphatic carbocycles. The Balaban J connectivity index is 1.52. The number of likely N-dealkylation sites (tertiary alicyclic amines) is 1. The Bertz CT molecular complexity index is 560. The zero-order valence-corrected chi connectivity index (χ0v) is 14.5. The van der Waals surface area contributed by atoms with Gasteiger partial charge in [-0.15, -0.1) is 11.3 Å². The lowest BCUT2D eigenvalue weighted by Gasteiger charge is -2.26. The van der Waals surface area contributed by atoms with E-state index >= 15 is 0 Å². The summed E-state index contributed by atoms with van der Waals surface area (Å²) in [6, 6.07) is 8.82. The van der Waals surface area contributed by atoms with Crippen LogP contribution in [0.1, 0.15) is 30.4 Å². The molecule has 1 aliphatic heterocycles. The van der Waals surface area contributed by atoms with E-state index < -0.39 is 0 Å². The van der Waals surface area contributed by atoms with Crippen LogP contribution in [0.25, 0.3) is 0 Å². The number of halogens is 1. The smallest absolute Gasteiger partial charge is 0.144 e. The topological polar surface area (TPSA) is 12.5 Å². The van der Waals surface area contributed by atoms with Gasteiger partial charge in [0.15, 0.2) is 0 Å². The van der Waals surface area contributed by atoms with Gasteiger partial charge in [0.25, 0.3) is 0 Å². The van der Waals surface area contributed by atoms with E-state index in [4.69, 9.17) is 4.74 Å². The second kappa shape index (κ2) is 7.43. The van der Waals surface area contributed by atoms with Gasteiger partial charge in [0.05, 0.1) is 4.47 Å². The fraction of sp³-hybridized carbons (Fsp3) is 0.412. The standard InChI is InChI=1S/C17H20BrNOS/c18-16-12-21-13-17(16)20-11-15-6-4-14(5-7-15)10-19-8-2-1-3-9-19/h4-7,12-13H,1-3,8-11H2. The number of piperidine rings is 1. The second-order valence-corrected chi connectivity index (χ2v) is 7.12. The highest BCUT2D eigenvalue weighted by molar-refractivity contribution is 9.10. The number of ether oxygens (including phenoxy) is 1. The van der Waals surface area contributed by atoms with Gasteiger partial charge in [-0.3, -0.25) is 4.90 Å². The SMILES string of the molecule is Brc1cscc1OCc1ccc(CN2CCCCC2)cc1. The Kier molecular flexibility index (Phi) is 5.33. The molecule has 1 saturated heterocycles. The molecule has 2 nitrogen and oxygen atoms in total. The Morgan fingerprint density at radius 3 is 2.38 bits per heavy atom. The highest BCUT2D eigenvalue weighted by Gasteiger charge is 2.10. The average Bonchev–Trinajstić information content (AvgIpc) is 2.93. The van der Waals surface area contributed by atoms with Crippen LogP contribution in [0.4, 0.5) is 0 Å². The molecule has 1 aromatic heterocycles. The second-order valence-electron chi connectivity index (χ2n) is 5.53. The van der Waals surface area contributed by atoms with Crippen LogP contribution in [0.3, 0.4) is 0 Å². The molecule has 0 amide bonds. The van der Waals surface area contributed by atoms with Crippen LogP contribution >= 0.6 is 27.3 Å². The van der Waals surface area contributed by atoms with Crippen molar-refractivity contribution in [1.29, 1.82) is 0 Å². The Labute approximate surface area is 138 Å². The molecule has 0 saturated carbocycles. The largest absolute Gasteiger partial charge is 0.487 e. The Morgan fingerprint density at radius 1 is 1.00 bits per heavy atom. The molecule has 0 N–H and O–H groups in total. The third-order valence-corrected chi connectivity index (χ3v) is 5.50. The summed E-state index contributed by atoms with van der Waals surface area (Å²) in [5, 5.41) is 4.06. The van der Waals surface area contributed by atoms with Gasteiger partial charge < -0.3 is 4.74 Å². The molecule has 0 bridgehead atoms. The van der Waals surface area contributed by atoms with E-state index in [1.165, 1.54) is 43.5 Å². The van der Waals surface area contributed by atoms with Crippen molar-refractivity contribution in [3.05, 3.63) is 50.6 Å². The van der Waals surface area contributed by atoms with Crippen molar-refractivity contribution in [1.82, 2.24) is 4.90 Å². The number of hydrogen-bond acceptors (Lipinski definition) is 3. The number of hydrogen-bond donors (Lipinski definition) is 0. The maximum absolute atomic E-state index is 5.81. The van der Waals surface area contributed by atoms with E-state index in [0.29, 0.717) is 6.61 Å². The molecule has 0 atom stereocenters. The van der Waals surface area contributed by atoms with E-state index in [0.717, 1.165) is 16.8 Å². The summed E-state index contributed by atoms with van der Waals surface area (Å²) in [5.41, 5.74) is 2.62. The molecular formula is C17H20BrNOS. The first-order chi connectivity index (χ1) is 10.3. The minimum atomic E-state index is 0.624. The summed E-state index contributed by atoms with van der Waals surface area (Å²) in [4.78, 5) is 2.55. The number of benzene rings is 1. The molecule has 1 aromatic carbocycles. The summed E-state index contributed by atoms with van der Waals surface area (Å²) in [6.45, 7) is 4.20. The van der Waals surface area contributed by atoms with Crippen molar-refractivity contribution in [3.63, 3.8) is 0 Å². The molecule has 0 spiro atoms. The van der Waals surface area contributed by atoms with Crippen LogP contribution in [0.5, 0.6) is 5.75 Å². The quantitative estimate of drug-likeness (QED) is 0.732. The first-order valence-corrected chi connectivity index (χ1v) is 9.19. The van der Waals surface area contributed by atoms with Crippen LogP contribution in [0.15, 0.2) is 39.5 Å². The van der Waals surface area contributed by atoms with Gasteiger partial charge in [0.1, 0.15) is 12.4 Å². The number of thiophene rings is 1. The minimum Gasteiger partial charge on any atom is -0.487 e. The summed E-state index contributed by atoms with van der Waals surface area (Å²) < 4.78 is 6.84. The predicted octanol–water partition coefficient (Wildman–Crippen LogP) is 5.08. The van der Waals surface area contributed by atoms with E-state index in [1.807, 2.05) is 10.8 Å².